The molecule has 4 saturated heterocycles. The summed E-state index contributed by atoms with van der Waals surface area (Å²) < 4.78 is 18.3. The van der Waals surface area contributed by atoms with Gasteiger partial charge in [-0.3, -0.25) is 9.59 Å². The van der Waals surface area contributed by atoms with Crippen molar-refractivity contribution in [2.75, 3.05) is 29.9 Å². The summed E-state index contributed by atoms with van der Waals surface area (Å²) in [6.07, 6.45) is 2.68. The van der Waals surface area contributed by atoms with Crippen LogP contribution in [0, 0.1) is 23.7 Å². The number of amides is 1. The maximum Gasteiger partial charge on any atom is 0.308 e. The van der Waals surface area contributed by atoms with Crippen LogP contribution in [0.3, 0.4) is 0 Å². The first-order chi connectivity index (χ1) is 18.6. The molecule has 1 aromatic rings. The molecule has 14 heteroatoms. The number of nitrogens with one attached hydrogen (secondary N) is 2. The highest BCUT2D eigenvalue weighted by atomic mass is 17.3. The van der Waals surface area contributed by atoms with Crippen molar-refractivity contribution in [1.29, 1.82) is 0 Å². The third-order valence-electron chi connectivity index (χ3n) is 8.53. The predicted molar refractivity (Wildman–Crippen MR) is 137 cm³/mol. The summed E-state index contributed by atoms with van der Waals surface area (Å²) in [6.45, 7) is 7.01. The van der Waals surface area contributed by atoms with Gasteiger partial charge >= 0.3 is 5.97 Å². The standard InChI is InChI=1S/C25H39N7O7/c1-13-5-6-16-14(2)19(36-20-25(16)15(13)9-10-24(3,37-20)38-39-25)35-18(34)8-7-17(33)28-11-4-12-29-23-31-21(26)30-22(27)32-23/h13-16,19-20H,4-12H2,1-3H3,(H,28,33)(H5,26,27,29,30,31,32)/t13-,14-,15+,16+,19-,20-,24-,25-/m1/s1. The number of ether oxygens (including phenoxy) is 3. The minimum atomic E-state index is -0.897. The summed E-state index contributed by atoms with van der Waals surface area (Å²) in [6, 6.07) is 0. The highest BCUT2D eigenvalue weighted by Crippen LogP contribution is 2.60. The molecule has 5 heterocycles. The van der Waals surface area contributed by atoms with E-state index in [-0.39, 0.29) is 54.3 Å². The van der Waals surface area contributed by atoms with Crippen LogP contribution in [-0.4, -0.2) is 63.9 Å². The number of hydrogen-bond acceptors (Lipinski definition) is 13. The molecule has 1 amide bonds. The molecule has 14 nitrogen and oxygen atoms in total. The lowest BCUT2D eigenvalue weighted by Crippen LogP contribution is -2.70. The first-order valence-corrected chi connectivity index (χ1v) is 13.8. The van der Waals surface area contributed by atoms with Crippen molar-refractivity contribution in [2.45, 2.75) is 89.7 Å². The quantitative estimate of drug-likeness (QED) is 0.197. The van der Waals surface area contributed by atoms with Crippen LogP contribution < -0.4 is 22.1 Å². The van der Waals surface area contributed by atoms with E-state index in [0.717, 1.165) is 19.3 Å². The van der Waals surface area contributed by atoms with Gasteiger partial charge in [0.1, 0.15) is 0 Å². The van der Waals surface area contributed by atoms with Crippen molar-refractivity contribution >= 4 is 29.7 Å². The van der Waals surface area contributed by atoms with Crippen LogP contribution in [0.4, 0.5) is 17.8 Å². The first kappa shape index (κ1) is 27.7. The number of nitrogen functional groups attached to an aromatic ring is 2. The molecule has 4 aliphatic heterocycles. The molecule has 1 aliphatic carbocycles. The van der Waals surface area contributed by atoms with Crippen molar-refractivity contribution in [2.24, 2.45) is 23.7 Å². The molecule has 216 valence electrons. The molecular weight excluding hydrogens is 510 g/mol. The number of hydrogen-bond donors (Lipinski definition) is 4. The van der Waals surface area contributed by atoms with E-state index in [1.807, 2.05) is 13.8 Å². The van der Waals surface area contributed by atoms with Crippen molar-refractivity contribution in [3.63, 3.8) is 0 Å². The second-order valence-electron chi connectivity index (χ2n) is 11.3. The number of carbonyl (C=O) groups is 2. The largest absolute Gasteiger partial charge is 0.435 e. The van der Waals surface area contributed by atoms with Gasteiger partial charge in [0.15, 0.2) is 11.9 Å². The Hall–Kier alpha value is -2.81. The van der Waals surface area contributed by atoms with E-state index in [2.05, 4.69) is 32.5 Å². The fourth-order valence-corrected chi connectivity index (χ4v) is 6.50. The molecule has 0 unspecified atom stereocenters. The average Bonchev–Trinajstić information content (AvgIpc) is 3.11. The van der Waals surface area contributed by atoms with Crippen LogP contribution >= 0.6 is 0 Å². The normalized spacial score (nSPS) is 36.9. The van der Waals surface area contributed by atoms with Crippen molar-refractivity contribution < 1.29 is 33.6 Å². The summed E-state index contributed by atoms with van der Waals surface area (Å²) >= 11 is 0. The minimum Gasteiger partial charge on any atom is -0.435 e. The number of aromatic nitrogens is 3. The van der Waals surface area contributed by atoms with E-state index in [9.17, 15) is 9.59 Å². The molecule has 0 radical (unpaired) electrons. The molecule has 6 N–H and O–H groups in total. The van der Waals surface area contributed by atoms with Crippen molar-refractivity contribution in [1.82, 2.24) is 20.3 Å². The van der Waals surface area contributed by atoms with Gasteiger partial charge in [0, 0.05) is 37.8 Å². The highest BCUT2D eigenvalue weighted by Gasteiger charge is 2.69. The molecule has 5 fully saturated rings. The van der Waals surface area contributed by atoms with E-state index in [4.69, 9.17) is 35.5 Å². The van der Waals surface area contributed by atoms with E-state index in [0.29, 0.717) is 31.8 Å². The van der Waals surface area contributed by atoms with Crippen LogP contribution in [0.2, 0.25) is 0 Å². The Morgan fingerprint density at radius 2 is 1.79 bits per heavy atom. The van der Waals surface area contributed by atoms with Crippen molar-refractivity contribution in [3.8, 4) is 0 Å². The topological polar surface area (TPSA) is 195 Å². The maximum atomic E-state index is 12.7. The molecule has 5 aliphatic rings. The molecule has 1 saturated carbocycles. The van der Waals surface area contributed by atoms with Gasteiger partial charge in [-0.05, 0) is 44.4 Å². The number of anilines is 3. The third kappa shape index (κ3) is 5.60. The van der Waals surface area contributed by atoms with Gasteiger partial charge in [0.2, 0.25) is 35.8 Å². The third-order valence-corrected chi connectivity index (χ3v) is 8.53. The zero-order valence-electron chi connectivity index (χ0n) is 22.7. The lowest BCUT2D eigenvalue weighted by Gasteiger charge is -2.59. The SMILES string of the molecule is C[C@H]1[C@H](OC(=O)CCC(=O)NCCCNc2nc(N)nc(N)n2)O[C@@H]2O[C@@]3(C)CC[C@H]4[C@H](C)CC[C@@H]1[C@@]24OO3. The number of esters is 1. The molecule has 39 heavy (non-hydrogen) atoms. The average molecular weight is 550 g/mol. The van der Waals surface area contributed by atoms with Gasteiger partial charge in [0.05, 0.1) is 6.42 Å². The Labute approximate surface area is 227 Å². The lowest BCUT2D eigenvalue weighted by atomic mass is 9.58. The van der Waals surface area contributed by atoms with Gasteiger partial charge in [0.25, 0.3) is 0 Å². The Balaban J connectivity index is 1.08. The van der Waals surface area contributed by atoms with Crippen LogP contribution in [0.5, 0.6) is 0 Å². The second kappa shape index (κ2) is 11.0. The molecule has 0 aromatic carbocycles. The molecular formula is C25H39N7O7. The smallest absolute Gasteiger partial charge is 0.308 e. The summed E-state index contributed by atoms with van der Waals surface area (Å²) in [5, 5.41) is 5.75. The summed E-state index contributed by atoms with van der Waals surface area (Å²) in [4.78, 5) is 48.4. The van der Waals surface area contributed by atoms with E-state index < -0.39 is 29.9 Å². The van der Waals surface area contributed by atoms with Crippen LogP contribution in [0.15, 0.2) is 0 Å². The van der Waals surface area contributed by atoms with E-state index in [1.165, 1.54) is 0 Å². The monoisotopic (exact) mass is 549 g/mol. The minimum absolute atomic E-state index is 0.00972. The number of nitrogens with zero attached hydrogens (tertiary/aromatic N) is 3. The Morgan fingerprint density at radius 1 is 1.03 bits per heavy atom. The van der Waals surface area contributed by atoms with Crippen LogP contribution in [-0.2, 0) is 33.6 Å². The molecule has 2 bridgehead atoms. The summed E-state index contributed by atoms with van der Waals surface area (Å²) in [7, 11) is 0. The summed E-state index contributed by atoms with van der Waals surface area (Å²) in [5.41, 5.74) is 10.4. The zero-order chi connectivity index (χ0) is 27.8. The van der Waals surface area contributed by atoms with Gasteiger partial charge in [-0.25, -0.2) is 9.78 Å². The fourth-order valence-electron chi connectivity index (χ4n) is 6.50. The molecule has 8 atom stereocenters. The van der Waals surface area contributed by atoms with Gasteiger partial charge in [-0.2, -0.15) is 15.0 Å². The number of nitrogens with two attached hydrogens (primary N) is 2. The van der Waals surface area contributed by atoms with E-state index >= 15 is 0 Å². The Kier molecular flexibility index (Phi) is 7.82. The van der Waals surface area contributed by atoms with E-state index in [1.54, 1.807) is 0 Å². The van der Waals surface area contributed by atoms with Crippen LogP contribution in [0.1, 0.15) is 65.7 Å². The highest BCUT2D eigenvalue weighted by molar-refractivity contribution is 5.81. The fraction of sp³-hybridized carbons (Fsp3) is 0.800. The maximum absolute atomic E-state index is 12.7. The molecule has 1 spiro atoms. The molecule has 1 aromatic heterocycles. The summed E-state index contributed by atoms with van der Waals surface area (Å²) in [5.74, 6) is -0.691. The van der Waals surface area contributed by atoms with Crippen molar-refractivity contribution in [3.05, 3.63) is 0 Å². The first-order valence-electron chi connectivity index (χ1n) is 13.8. The second-order valence-corrected chi connectivity index (χ2v) is 11.3. The molecule has 6 rings (SSSR count). The predicted octanol–water partition coefficient (Wildman–Crippen LogP) is 1.49. The Morgan fingerprint density at radius 3 is 2.56 bits per heavy atom. The van der Waals surface area contributed by atoms with Gasteiger partial charge in [-0.1, -0.05) is 13.8 Å². The number of carbonyl (C=O) groups excluding carboxylic acids is 2. The Bertz CT molecular complexity index is 1060. The van der Waals surface area contributed by atoms with Crippen LogP contribution in [0.25, 0.3) is 0 Å². The number of rotatable bonds is 9. The zero-order valence-corrected chi connectivity index (χ0v) is 22.7. The number of fused-ring (bicyclic) bond motifs is 2. The lowest BCUT2D eigenvalue weighted by molar-refractivity contribution is -0.576. The van der Waals surface area contributed by atoms with Gasteiger partial charge in [-0.15, -0.1) is 0 Å². The van der Waals surface area contributed by atoms with Gasteiger partial charge < -0.3 is 36.3 Å².